The molecule has 2 aromatic carbocycles. The van der Waals surface area contributed by atoms with Crippen molar-refractivity contribution in [3.8, 4) is 5.75 Å². The minimum absolute atomic E-state index is 0.313. The number of anilines is 2. The third kappa shape index (κ3) is 3.50. The Balaban J connectivity index is 1.79. The molecule has 0 radical (unpaired) electrons. The number of hydrogen-bond acceptors (Lipinski definition) is 3. The fraction of sp³-hybridized carbons (Fsp3) is 0.263. The van der Waals surface area contributed by atoms with Crippen molar-refractivity contribution in [3.05, 3.63) is 52.0 Å². The molecule has 0 unspecified atom stereocenters. The third-order valence-corrected chi connectivity index (χ3v) is 5.05. The Kier molecular flexibility index (Phi) is 5.12. The minimum Gasteiger partial charge on any atom is -0.495 e. The maximum atomic E-state index is 12.8. The number of rotatable bonds is 5. The van der Waals surface area contributed by atoms with E-state index in [9.17, 15) is 9.59 Å². The number of benzene rings is 2. The van der Waals surface area contributed by atoms with E-state index in [4.69, 9.17) is 27.9 Å². The Morgan fingerprint density at radius 3 is 2.23 bits per heavy atom. The molecule has 136 valence electrons. The molecule has 1 aliphatic rings. The molecule has 2 N–H and O–H groups in total. The highest BCUT2D eigenvalue weighted by Crippen LogP contribution is 2.48. The molecule has 7 heteroatoms. The van der Waals surface area contributed by atoms with Crippen molar-refractivity contribution in [1.29, 1.82) is 0 Å². The van der Waals surface area contributed by atoms with Crippen molar-refractivity contribution < 1.29 is 14.3 Å². The van der Waals surface area contributed by atoms with Gasteiger partial charge in [0.15, 0.2) is 0 Å². The first-order chi connectivity index (χ1) is 12.4. The number of ether oxygens (including phenoxy) is 1. The number of nitrogens with one attached hydrogen (secondary N) is 2. The van der Waals surface area contributed by atoms with Crippen molar-refractivity contribution in [2.24, 2.45) is 5.41 Å². The van der Waals surface area contributed by atoms with Crippen molar-refractivity contribution in [1.82, 2.24) is 0 Å². The van der Waals surface area contributed by atoms with Crippen LogP contribution in [-0.4, -0.2) is 18.9 Å². The summed E-state index contributed by atoms with van der Waals surface area (Å²) in [7, 11) is 1.53. The predicted octanol–water partition coefficient (Wildman–Crippen LogP) is 4.67. The highest BCUT2D eigenvalue weighted by Gasteiger charge is 2.56. The van der Waals surface area contributed by atoms with Crippen LogP contribution in [-0.2, 0) is 9.59 Å². The quantitative estimate of drug-likeness (QED) is 0.726. The van der Waals surface area contributed by atoms with Crippen LogP contribution < -0.4 is 15.4 Å². The van der Waals surface area contributed by atoms with Crippen LogP contribution in [0.15, 0.2) is 36.4 Å². The molecule has 0 atom stereocenters. The van der Waals surface area contributed by atoms with E-state index in [1.807, 2.05) is 13.0 Å². The Labute approximate surface area is 161 Å². The molecular weight excluding hydrogens is 375 g/mol. The van der Waals surface area contributed by atoms with Gasteiger partial charge in [0.2, 0.25) is 11.8 Å². The summed E-state index contributed by atoms with van der Waals surface area (Å²) in [5.41, 5.74) is 0.690. The van der Waals surface area contributed by atoms with Gasteiger partial charge in [0, 0.05) is 0 Å². The average molecular weight is 393 g/mol. The van der Waals surface area contributed by atoms with Crippen LogP contribution in [0.2, 0.25) is 10.0 Å². The molecule has 1 aliphatic carbocycles. The van der Waals surface area contributed by atoms with Crippen molar-refractivity contribution >= 4 is 46.4 Å². The Morgan fingerprint density at radius 2 is 1.65 bits per heavy atom. The highest BCUT2D eigenvalue weighted by atomic mass is 35.5. The lowest BCUT2D eigenvalue weighted by atomic mass is 10.0. The van der Waals surface area contributed by atoms with E-state index in [1.54, 1.807) is 30.3 Å². The summed E-state index contributed by atoms with van der Waals surface area (Å²) in [5, 5.41) is 6.15. The van der Waals surface area contributed by atoms with Gasteiger partial charge in [-0.15, -0.1) is 0 Å². The highest BCUT2D eigenvalue weighted by molar-refractivity contribution is 6.40. The fourth-order valence-electron chi connectivity index (χ4n) is 2.69. The molecule has 0 aliphatic heterocycles. The largest absolute Gasteiger partial charge is 0.495 e. The number of amides is 2. The zero-order valence-electron chi connectivity index (χ0n) is 14.4. The van der Waals surface area contributed by atoms with Crippen LogP contribution >= 0.6 is 23.2 Å². The van der Waals surface area contributed by atoms with Gasteiger partial charge in [-0.1, -0.05) is 35.3 Å². The molecule has 2 aromatic rings. The molecule has 26 heavy (non-hydrogen) atoms. The molecular formula is C19H18Cl2N2O3. The smallest absolute Gasteiger partial charge is 0.240 e. The van der Waals surface area contributed by atoms with Crippen molar-refractivity contribution in [2.75, 3.05) is 17.7 Å². The molecule has 0 saturated heterocycles. The molecule has 1 fully saturated rings. The maximum Gasteiger partial charge on any atom is 0.240 e. The predicted molar refractivity (Wildman–Crippen MR) is 103 cm³/mol. The van der Waals surface area contributed by atoms with Gasteiger partial charge in [-0.2, -0.15) is 0 Å². The van der Waals surface area contributed by atoms with E-state index in [0.717, 1.165) is 5.56 Å². The number of hydrogen-bond donors (Lipinski definition) is 2. The maximum absolute atomic E-state index is 12.8. The van der Waals surface area contributed by atoms with E-state index >= 15 is 0 Å². The summed E-state index contributed by atoms with van der Waals surface area (Å²) in [6.07, 6.45) is 0.918. The van der Waals surface area contributed by atoms with E-state index in [0.29, 0.717) is 40.0 Å². The van der Waals surface area contributed by atoms with Crippen LogP contribution in [0, 0.1) is 12.3 Å². The zero-order valence-corrected chi connectivity index (χ0v) is 15.9. The Hall–Kier alpha value is -2.24. The number of methoxy groups -OCH3 is 1. The summed E-state index contributed by atoms with van der Waals surface area (Å²) in [6, 6.07) is 10.4. The molecule has 1 saturated carbocycles. The minimum atomic E-state index is -1.13. The van der Waals surface area contributed by atoms with Crippen LogP contribution in [0.25, 0.3) is 0 Å². The first kappa shape index (κ1) is 18.5. The SMILES string of the molecule is COc1ccc(C)cc1NC(=O)C1(C(=O)Nc2c(Cl)cccc2Cl)CC1. The summed E-state index contributed by atoms with van der Waals surface area (Å²) in [5.74, 6) is -0.256. The third-order valence-electron chi connectivity index (χ3n) is 4.42. The van der Waals surface area contributed by atoms with Crippen LogP contribution in [0.4, 0.5) is 11.4 Å². The summed E-state index contributed by atoms with van der Waals surface area (Å²) in [4.78, 5) is 25.5. The monoisotopic (exact) mass is 392 g/mol. The van der Waals surface area contributed by atoms with Crippen LogP contribution in [0.5, 0.6) is 5.75 Å². The zero-order chi connectivity index (χ0) is 18.9. The average Bonchev–Trinajstić information content (AvgIpc) is 3.40. The van der Waals surface area contributed by atoms with Gasteiger partial charge < -0.3 is 15.4 Å². The van der Waals surface area contributed by atoms with E-state index < -0.39 is 11.3 Å². The Morgan fingerprint density at radius 1 is 1.04 bits per heavy atom. The summed E-state index contributed by atoms with van der Waals surface area (Å²) >= 11 is 12.2. The van der Waals surface area contributed by atoms with Crippen LogP contribution in [0.1, 0.15) is 18.4 Å². The normalized spacial score (nSPS) is 14.5. The van der Waals surface area contributed by atoms with Gasteiger partial charge in [-0.05, 0) is 49.6 Å². The van der Waals surface area contributed by atoms with Gasteiger partial charge in [-0.3, -0.25) is 9.59 Å². The second-order valence-corrected chi connectivity index (χ2v) is 7.11. The fourth-order valence-corrected chi connectivity index (χ4v) is 3.19. The number of carbonyl (C=O) groups excluding carboxylic acids is 2. The summed E-state index contributed by atoms with van der Waals surface area (Å²) in [6.45, 7) is 1.91. The molecule has 0 spiro atoms. The van der Waals surface area contributed by atoms with Gasteiger partial charge >= 0.3 is 0 Å². The van der Waals surface area contributed by atoms with Crippen molar-refractivity contribution in [2.45, 2.75) is 19.8 Å². The second kappa shape index (κ2) is 7.17. The number of carbonyl (C=O) groups is 2. The summed E-state index contributed by atoms with van der Waals surface area (Å²) < 4.78 is 5.27. The lowest BCUT2D eigenvalue weighted by Crippen LogP contribution is -2.35. The van der Waals surface area contributed by atoms with Crippen molar-refractivity contribution in [3.63, 3.8) is 0 Å². The molecule has 0 heterocycles. The van der Waals surface area contributed by atoms with Gasteiger partial charge in [0.1, 0.15) is 11.2 Å². The number of aryl methyl sites for hydroxylation is 1. The number of halogens is 2. The van der Waals surface area contributed by atoms with E-state index in [-0.39, 0.29) is 5.91 Å². The second-order valence-electron chi connectivity index (χ2n) is 6.29. The molecule has 5 nitrogen and oxygen atoms in total. The standard InChI is InChI=1S/C19H18Cl2N2O3/c1-11-6-7-15(26-2)14(10-11)22-17(24)19(8-9-19)18(25)23-16-12(20)4-3-5-13(16)21/h3-7,10H,8-9H2,1-2H3,(H,22,24)(H,23,25). The van der Waals surface area contributed by atoms with E-state index in [1.165, 1.54) is 7.11 Å². The first-order valence-electron chi connectivity index (χ1n) is 8.09. The van der Waals surface area contributed by atoms with Crippen LogP contribution in [0.3, 0.4) is 0 Å². The first-order valence-corrected chi connectivity index (χ1v) is 8.84. The molecule has 0 bridgehead atoms. The lowest BCUT2D eigenvalue weighted by Gasteiger charge is -2.18. The molecule has 0 aromatic heterocycles. The van der Waals surface area contributed by atoms with Gasteiger partial charge in [0.05, 0.1) is 28.5 Å². The molecule has 3 rings (SSSR count). The van der Waals surface area contributed by atoms with Gasteiger partial charge in [0.25, 0.3) is 0 Å². The topological polar surface area (TPSA) is 67.4 Å². The van der Waals surface area contributed by atoms with Gasteiger partial charge in [-0.25, -0.2) is 0 Å². The van der Waals surface area contributed by atoms with E-state index in [2.05, 4.69) is 10.6 Å². The Bertz CT molecular complexity index is 859. The number of para-hydroxylation sites is 1. The molecule has 2 amide bonds. The lowest BCUT2D eigenvalue weighted by molar-refractivity contribution is -0.131.